The van der Waals surface area contributed by atoms with Crippen molar-refractivity contribution in [1.29, 1.82) is 0 Å². The number of anilines is 1. The molecule has 54 valence electrons. The molecule has 0 atom stereocenters. The quantitative estimate of drug-likeness (QED) is 0.628. The fourth-order valence-corrected chi connectivity index (χ4v) is 0.885. The van der Waals surface area contributed by atoms with Crippen LogP contribution < -0.4 is 5.32 Å². The summed E-state index contributed by atoms with van der Waals surface area (Å²) in [5.41, 5.74) is 0. The minimum absolute atomic E-state index is 0.469. The van der Waals surface area contributed by atoms with Crippen molar-refractivity contribution in [2.75, 3.05) is 12.4 Å². The first kappa shape index (κ1) is 7.28. The van der Waals surface area contributed by atoms with Gasteiger partial charge in [-0.1, -0.05) is 11.6 Å². The van der Waals surface area contributed by atoms with Crippen molar-refractivity contribution < 1.29 is 0 Å². The molecular formula is C6H8ClN3. The molecule has 3 nitrogen and oxygen atoms in total. The molecule has 0 aromatic carbocycles. The summed E-state index contributed by atoms with van der Waals surface area (Å²) in [6.07, 6.45) is 0. The number of hydrogen-bond donors (Lipinski definition) is 1. The summed E-state index contributed by atoms with van der Waals surface area (Å²) in [5.74, 6) is 1.43. The molecule has 0 bridgehead atoms. The Balaban J connectivity index is 3.06. The highest BCUT2D eigenvalue weighted by atomic mass is 35.5. The summed E-state index contributed by atoms with van der Waals surface area (Å²) in [4.78, 5) is 7.94. The van der Waals surface area contributed by atoms with Crippen molar-refractivity contribution in [1.82, 2.24) is 9.97 Å². The lowest BCUT2D eigenvalue weighted by Crippen LogP contribution is -1.95. The van der Waals surface area contributed by atoms with E-state index >= 15 is 0 Å². The van der Waals surface area contributed by atoms with Crippen LogP contribution in [0.4, 0.5) is 5.82 Å². The summed E-state index contributed by atoms with van der Waals surface area (Å²) in [7, 11) is 1.79. The second-order valence-electron chi connectivity index (χ2n) is 1.87. The predicted molar refractivity (Wildman–Crippen MR) is 41.3 cm³/mol. The van der Waals surface area contributed by atoms with Gasteiger partial charge in [0, 0.05) is 13.1 Å². The second-order valence-corrected chi connectivity index (χ2v) is 2.26. The summed E-state index contributed by atoms with van der Waals surface area (Å²) in [6, 6.07) is 1.68. The van der Waals surface area contributed by atoms with Crippen LogP contribution in [-0.2, 0) is 0 Å². The molecule has 0 radical (unpaired) electrons. The minimum atomic E-state index is 0.469. The van der Waals surface area contributed by atoms with Crippen LogP contribution >= 0.6 is 11.6 Å². The number of halogens is 1. The average Bonchev–Trinajstić information content (AvgIpc) is 1.85. The van der Waals surface area contributed by atoms with Crippen molar-refractivity contribution in [2.24, 2.45) is 0 Å². The third kappa shape index (κ3) is 1.57. The fourth-order valence-electron chi connectivity index (χ4n) is 0.659. The van der Waals surface area contributed by atoms with Gasteiger partial charge in [0.05, 0.1) is 0 Å². The first-order valence-corrected chi connectivity index (χ1v) is 3.29. The molecule has 0 aliphatic carbocycles. The standard InChI is InChI=1S/C6H8ClN3/c1-4-9-5(7)3-6(8-2)10-4/h3H,1-2H3,(H,8,9,10). The van der Waals surface area contributed by atoms with Crippen LogP contribution in [0.25, 0.3) is 0 Å². The highest BCUT2D eigenvalue weighted by Gasteiger charge is 1.95. The molecule has 1 rings (SSSR count). The van der Waals surface area contributed by atoms with Gasteiger partial charge >= 0.3 is 0 Å². The number of rotatable bonds is 1. The molecule has 1 aromatic heterocycles. The molecule has 0 fully saturated rings. The van der Waals surface area contributed by atoms with Gasteiger partial charge in [-0.2, -0.15) is 0 Å². The van der Waals surface area contributed by atoms with E-state index in [0.717, 1.165) is 5.82 Å². The van der Waals surface area contributed by atoms with Crippen molar-refractivity contribution in [3.63, 3.8) is 0 Å². The van der Waals surface area contributed by atoms with E-state index in [9.17, 15) is 0 Å². The summed E-state index contributed by atoms with van der Waals surface area (Å²) in [5, 5.41) is 3.34. The number of nitrogens with zero attached hydrogens (tertiary/aromatic N) is 2. The van der Waals surface area contributed by atoms with Gasteiger partial charge in [0.25, 0.3) is 0 Å². The van der Waals surface area contributed by atoms with Crippen molar-refractivity contribution in [2.45, 2.75) is 6.92 Å². The lowest BCUT2D eigenvalue weighted by atomic mass is 10.5. The molecule has 4 heteroatoms. The highest BCUT2D eigenvalue weighted by Crippen LogP contribution is 2.09. The monoisotopic (exact) mass is 157 g/mol. The largest absolute Gasteiger partial charge is 0.373 e. The van der Waals surface area contributed by atoms with E-state index in [0.29, 0.717) is 11.0 Å². The van der Waals surface area contributed by atoms with Crippen LogP contribution in [0.3, 0.4) is 0 Å². The molecule has 0 saturated heterocycles. The Labute approximate surface area is 64.5 Å². The third-order valence-corrected chi connectivity index (χ3v) is 1.26. The molecule has 0 spiro atoms. The normalized spacial score (nSPS) is 9.50. The lowest BCUT2D eigenvalue weighted by Gasteiger charge is -1.99. The summed E-state index contributed by atoms with van der Waals surface area (Å²) >= 11 is 5.64. The Morgan fingerprint density at radius 2 is 2.20 bits per heavy atom. The maximum absolute atomic E-state index is 5.64. The maximum Gasteiger partial charge on any atom is 0.134 e. The average molecular weight is 158 g/mol. The lowest BCUT2D eigenvalue weighted by molar-refractivity contribution is 1.05. The molecule has 0 saturated carbocycles. The van der Waals surface area contributed by atoms with Crippen LogP contribution in [0.15, 0.2) is 6.07 Å². The summed E-state index contributed by atoms with van der Waals surface area (Å²) < 4.78 is 0. The van der Waals surface area contributed by atoms with Gasteiger partial charge in [-0.3, -0.25) is 0 Å². The molecule has 1 N–H and O–H groups in total. The number of hydrogen-bond acceptors (Lipinski definition) is 3. The SMILES string of the molecule is CNc1cc(Cl)nc(C)n1. The molecule has 0 amide bonds. The van der Waals surface area contributed by atoms with Crippen molar-refractivity contribution >= 4 is 17.4 Å². The van der Waals surface area contributed by atoms with E-state index in [1.807, 2.05) is 0 Å². The van der Waals surface area contributed by atoms with E-state index < -0.39 is 0 Å². The zero-order valence-corrected chi connectivity index (χ0v) is 6.61. The van der Waals surface area contributed by atoms with Gasteiger partial charge in [-0.05, 0) is 6.92 Å². The molecule has 1 heterocycles. The number of aromatic nitrogens is 2. The topological polar surface area (TPSA) is 37.8 Å². The van der Waals surface area contributed by atoms with E-state index in [1.165, 1.54) is 0 Å². The fraction of sp³-hybridized carbons (Fsp3) is 0.333. The van der Waals surface area contributed by atoms with Crippen LogP contribution in [0.1, 0.15) is 5.82 Å². The van der Waals surface area contributed by atoms with E-state index in [-0.39, 0.29) is 0 Å². The van der Waals surface area contributed by atoms with Crippen LogP contribution in [0, 0.1) is 6.92 Å². The predicted octanol–water partition coefficient (Wildman–Crippen LogP) is 1.48. The van der Waals surface area contributed by atoms with Crippen molar-refractivity contribution in [3.05, 3.63) is 17.0 Å². The van der Waals surface area contributed by atoms with E-state index in [4.69, 9.17) is 11.6 Å². The number of nitrogens with one attached hydrogen (secondary N) is 1. The van der Waals surface area contributed by atoms with Gasteiger partial charge in [-0.15, -0.1) is 0 Å². The second kappa shape index (κ2) is 2.84. The smallest absolute Gasteiger partial charge is 0.134 e. The van der Waals surface area contributed by atoms with Crippen molar-refractivity contribution in [3.8, 4) is 0 Å². The van der Waals surface area contributed by atoms with Crippen LogP contribution in [0.5, 0.6) is 0 Å². The van der Waals surface area contributed by atoms with Gasteiger partial charge in [-0.25, -0.2) is 9.97 Å². The van der Waals surface area contributed by atoms with Gasteiger partial charge in [0.1, 0.15) is 16.8 Å². The minimum Gasteiger partial charge on any atom is -0.373 e. The van der Waals surface area contributed by atoms with E-state index in [1.54, 1.807) is 20.0 Å². The summed E-state index contributed by atoms with van der Waals surface area (Å²) in [6.45, 7) is 1.80. The molecule has 1 aromatic rings. The molecular weight excluding hydrogens is 150 g/mol. The Bertz CT molecular complexity index is 216. The zero-order valence-electron chi connectivity index (χ0n) is 5.85. The Kier molecular flexibility index (Phi) is 2.06. The van der Waals surface area contributed by atoms with Gasteiger partial charge < -0.3 is 5.32 Å². The Morgan fingerprint density at radius 3 is 2.70 bits per heavy atom. The molecule has 0 unspecified atom stereocenters. The van der Waals surface area contributed by atoms with Crippen LogP contribution in [-0.4, -0.2) is 17.0 Å². The third-order valence-electron chi connectivity index (χ3n) is 1.06. The molecule has 0 aliphatic heterocycles. The Morgan fingerprint density at radius 1 is 1.50 bits per heavy atom. The number of aryl methyl sites for hydroxylation is 1. The van der Waals surface area contributed by atoms with Crippen LogP contribution in [0.2, 0.25) is 5.15 Å². The zero-order chi connectivity index (χ0) is 7.56. The van der Waals surface area contributed by atoms with Gasteiger partial charge in [0.2, 0.25) is 0 Å². The van der Waals surface area contributed by atoms with Gasteiger partial charge in [0.15, 0.2) is 0 Å². The molecule has 0 aliphatic rings. The maximum atomic E-state index is 5.64. The highest BCUT2D eigenvalue weighted by molar-refractivity contribution is 6.29. The van der Waals surface area contributed by atoms with E-state index in [2.05, 4.69) is 15.3 Å². The first-order chi connectivity index (χ1) is 4.72. The first-order valence-electron chi connectivity index (χ1n) is 2.91. The Hall–Kier alpha value is -0.830. The molecule has 10 heavy (non-hydrogen) atoms.